The van der Waals surface area contributed by atoms with E-state index in [1.165, 1.54) is 50.8 Å². The maximum absolute atomic E-state index is 13.4. The normalized spacial score (nSPS) is 15.9. The van der Waals surface area contributed by atoms with Gasteiger partial charge in [0.15, 0.2) is 11.6 Å². The van der Waals surface area contributed by atoms with E-state index in [1.807, 2.05) is 78.9 Å². The fourth-order valence-corrected chi connectivity index (χ4v) is 16.4. The number of hydrogen-bond acceptors (Lipinski definition) is 22. The van der Waals surface area contributed by atoms with Crippen LogP contribution < -0.4 is 87.5 Å². The molecule has 2 spiro atoms. The Hall–Kier alpha value is -7.24. The maximum atomic E-state index is 13.4. The summed E-state index contributed by atoms with van der Waals surface area (Å²) in [4.78, 5) is 69.5. The molecule has 99 heavy (non-hydrogen) atoms. The number of nitrogen functional groups attached to an aromatic ring is 1. The van der Waals surface area contributed by atoms with Crippen LogP contribution in [0.5, 0.6) is 0 Å². The first-order valence-electron chi connectivity index (χ1n) is 31.5. The van der Waals surface area contributed by atoms with E-state index >= 15 is 0 Å². The Morgan fingerprint density at radius 3 is 1.41 bits per heavy atom. The van der Waals surface area contributed by atoms with Gasteiger partial charge in [0.05, 0.1) is 57.6 Å². The van der Waals surface area contributed by atoms with Crippen LogP contribution in [0.1, 0.15) is 58.8 Å². The van der Waals surface area contributed by atoms with Gasteiger partial charge < -0.3 is 71.2 Å². The number of carbonyl (C=O) groups excluding carboxylic acids is 3. The van der Waals surface area contributed by atoms with Crippen molar-refractivity contribution in [3.8, 4) is 0 Å². The largest absolute Gasteiger partial charge is 1.00 e. The van der Waals surface area contributed by atoms with Crippen molar-refractivity contribution in [1.29, 1.82) is 0 Å². The standard InChI is InChI=1S/C34H40ClN8O2P.C31H38ClN8OP.C3H3ClO.CH2O3.CH4.Na/c1-6-30(44)39-28-18-22(9-12-29(28)43-16-13-34(14-17-43)19-23(20-34)42(2)3)38-33-37-21-25(35)32(41-33)40-27-11-10-26-24(8-7-15-36-26)31(27)46(4,5)45;1-39(2)21-17-31(18-21)11-14-40(15-12-31)27-10-7-20(16-24(27)33)36-30-35-19-23(32)29(38-30)37-26-9-8-25-22(6-5-13-34-25)28(26)42(3,4)41;1-2-3(4)5;2-1-4-3;;/h6-12,15,18,21,23H,1,13-14,16-17,19-20H2,2-5H3,(H,39,44)(H2,37,38,40,41);5-10,13,16,19,21H,11-12,14-15,17-18,33H2,1-4H3,(H2,35,36,37,38);2H,1H2;1,3H;1H4;/q;;;;;+1/p-1. The summed E-state index contributed by atoms with van der Waals surface area (Å²) < 4.78 is 26.7. The predicted octanol–water partition coefficient (Wildman–Crippen LogP) is 10.2. The van der Waals surface area contributed by atoms with Gasteiger partial charge in [-0.05, 0) is 214 Å². The van der Waals surface area contributed by atoms with E-state index in [1.54, 1.807) is 45.2 Å². The van der Waals surface area contributed by atoms with E-state index in [4.69, 9.17) is 50.6 Å². The number of hydrogen-bond donors (Lipinski definition) is 6. The first-order chi connectivity index (χ1) is 46.1. The van der Waals surface area contributed by atoms with Crippen molar-refractivity contribution in [2.24, 2.45) is 10.8 Å². The van der Waals surface area contributed by atoms with Crippen LogP contribution in [0.25, 0.3) is 21.8 Å². The molecule has 4 aliphatic rings. The Bertz CT molecular complexity index is 4300. The molecule has 12 rings (SSSR count). The molecule has 520 valence electrons. The number of rotatable bonds is 18. The van der Waals surface area contributed by atoms with Crippen LogP contribution in [0.15, 0.2) is 135 Å². The van der Waals surface area contributed by atoms with Crippen molar-refractivity contribution >= 4 is 168 Å². The van der Waals surface area contributed by atoms with Crippen molar-refractivity contribution in [3.63, 3.8) is 0 Å². The third kappa shape index (κ3) is 19.9. The van der Waals surface area contributed by atoms with Crippen LogP contribution in [0.4, 0.5) is 69.0 Å². The maximum Gasteiger partial charge on any atom is 1.00 e. The summed E-state index contributed by atoms with van der Waals surface area (Å²) in [6.45, 7) is 17.4. The second kappa shape index (κ2) is 34.4. The van der Waals surface area contributed by atoms with E-state index in [2.05, 4.69) is 128 Å². The molecular weight excluding hydrogens is 1370 g/mol. The van der Waals surface area contributed by atoms with E-state index < -0.39 is 19.5 Å². The van der Waals surface area contributed by atoms with Gasteiger partial charge in [-0.3, -0.25) is 24.4 Å². The number of aromatic nitrogens is 6. The number of carbonyl (C=O) groups is 3. The zero-order valence-electron chi connectivity index (χ0n) is 56.6. The Morgan fingerprint density at radius 2 is 1.04 bits per heavy atom. The number of halogens is 3. The SMILES string of the molecule is C.C=CC(=O)Cl.C=CC(=O)Nc1cc(Nc2ncc(Cl)c(Nc3ccc4ncccc4c3P(C)(C)=O)n2)ccc1N1CCC2(CC1)CC(N(C)C)C2.CN(C)C1CC2(CCN(c3ccc(Nc4ncc(Cl)c(Nc5ccc6ncccc6c5P(C)(C)=O)n4)cc3N)CC2)C1.O=CO[O-].[Na+]. The Balaban J connectivity index is 0.000000244. The molecule has 1 amide bonds. The van der Waals surface area contributed by atoms with Crippen LogP contribution >= 0.6 is 49.1 Å². The molecule has 4 aromatic carbocycles. The van der Waals surface area contributed by atoms with Gasteiger partial charge in [-0.2, -0.15) is 9.97 Å². The second-order valence-electron chi connectivity index (χ2n) is 26.0. The zero-order chi connectivity index (χ0) is 70.0. The van der Waals surface area contributed by atoms with E-state index in [9.17, 15) is 18.7 Å². The summed E-state index contributed by atoms with van der Waals surface area (Å²) in [6.07, 6.45) is 18.6. The summed E-state index contributed by atoms with van der Waals surface area (Å²) in [7, 11) is 3.30. The first kappa shape index (κ1) is 79.1. The summed E-state index contributed by atoms with van der Waals surface area (Å²) in [6, 6.07) is 28.3. The van der Waals surface area contributed by atoms with Crippen LogP contribution in [0.2, 0.25) is 10.0 Å². The molecule has 8 aromatic rings. The van der Waals surface area contributed by atoms with Crippen molar-refractivity contribution in [3.05, 3.63) is 145 Å². The number of anilines is 12. The molecule has 23 nitrogen and oxygen atoms in total. The topological polar surface area (TPSA) is 294 Å². The number of nitrogens with zero attached hydrogens (tertiary/aromatic N) is 10. The second-order valence-corrected chi connectivity index (χ2v) is 33.5. The summed E-state index contributed by atoms with van der Waals surface area (Å²) in [5, 5.41) is 27.7. The molecule has 29 heteroatoms. The molecule has 0 bridgehead atoms. The fourth-order valence-electron chi connectivity index (χ4n) is 13.1. The molecule has 0 radical (unpaired) electrons. The van der Waals surface area contributed by atoms with Gasteiger partial charge in [0, 0.05) is 83.4 Å². The van der Waals surface area contributed by atoms with Crippen molar-refractivity contribution in [1.82, 2.24) is 39.7 Å². The minimum Gasteiger partial charge on any atom is -0.662 e. The number of piperidine rings is 2. The molecule has 4 aromatic heterocycles. The summed E-state index contributed by atoms with van der Waals surface area (Å²) in [5.74, 6) is 1.17. The summed E-state index contributed by atoms with van der Waals surface area (Å²) in [5.41, 5.74) is 15.3. The molecule has 4 fully saturated rings. The average Bonchev–Trinajstić information content (AvgIpc) is 0.776. The number of pyridine rings is 2. The van der Waals surface area contributed by atoms with Gasteiger partial charge in [0.1, 0.15) is 24.3 Å². The van der Waals surface area contributed by atoms with Gasteiger partial charge in [-0.25, -0.2) is 9.97 Å². The quantitative estimate of drug-likeness (QED) is 0.00680. The van der Waals surface area contributed by atoms with Crippen LogP contribution in [-0.2, 0) is 28.4 Å². The van der Waals surface area contributed by atoms with Gasteiger partial charge in [0.2, 0.25) is 23.0 Å². The molecule has 0 unspecified atom stereocenters. The van der Waals surface area contributed by atoms with Crippen LogP contribution in [-0.4, -0.2) is 150 Å². The number of allylic oxidation sites excluding steroid dienone is 1. The zero-order valence-corrected chi connectivity index (χ0v) is 62.7. The molecule has 6 heterocycles. The Morgan fingerprint density at radius 1 is 0.636 bits per heavy atom. The number of fused-ring (bicyclic) bond motifs is 2. The minimum atomic E-state index is -2.72. The van der Waals surface area contributed by atoms with Crippen molar-refractivity contribution in [2.45, 2.75) is 70.9 Å². The number of benzene rings is 4. The molecular formula is C70H86Cl3N16NaO7P2. The average molecular weight is 1450 g/mol. The first-order valence-corrected chi connectivity index (χ1v) is 37.8. The third-order valence-corrected chi connectivity index (χ3v) is 22.1. The smallest absolute Gasteiger partial charge is 0.662 e. The Labute approximate surface area is 616 Å². The number of amides is 1. The van der Waals surface area contributed by atoms with Gasteiger partial charge in [0.25, 0.3) is 6.47 Å². The van der Waals surface area contributed by atoms with Gasteiger partial charge in [-0.15, -0.1) is 0 Å². The number of nitrogens with two attached hydrogens (primary N) is 1. The minimum absolute atomic E-state index is 0. The van der Waals surface area contributed by atoms with E-state index in [0.29, 0.717) is 83.8 Å². The van der Waals surface area contributed by atoms with Crippen molar-refractivity contribution in [2.75, 3.05) is 123 Å². The van der Waals surface area contributed by atoms with Gasteiger partial charge in [-0.1, -0.05) is 55.9 Å². The monoisotopic (exact) mass is 1450 g/mol. The van der Waals surface area contributed by atoms with Crippen molar-refractivity contribution < 1.29 is 63.2 Å². The van der Waals surface area contributed by atoms with E-state index in [-0.39, 0.29) is 49.4 Å². The molecule has 2 aliphatic carbocycles. The molecule has 0 atom stereocenters. The molecule has 7 N–H and O–H groups in total. The van der Waals surface area contributed by atoms with E-state index in [0.717, 1.165) is 95.7 Å². The van der Waals surface area contributed by atoms with Crippen LogP contribution in [0.3, 0.4) is 0 Å². The third-order valence-electron chi connectivity index (χ3n) is 18.2. The predicted molar refractivity (Wildman–Crippen MR) is 401 cm³/mol. The number of nitrogens with one attached hydrogen (secondary N) is 5. The molecule has 2 saturated carbocycles. The van der Waals surface area contributed by atoms with Gasteiger partial charge >= 0.3 is 29.6 Å². The molecule has 2 aliphatic heterocycles. The molecule has 2 saturated heterocycles. The summed E-state index contributed by atoms with van der Waals surface area (Å²) >= 11 is 17.7. The fraction of sp³-hybridized carbons (Fsp3) is 0.357. The van der Waals surface area contributed by atoms with Crippen LogP contribution in [0, 0.1) is 10.8 Å². The Kier molecular flexibility index (Phi) is 27.5.